The Kier molecular flexibility index (Phi) is 6.80. The van der Waals surface area contributed by atoms with Crippen molar-refractivity contribution < 1.29 is 9.13 Å². The Morgan fingerprint density at radius 1 is 1.26 bits per heavy atom. The highest BCUT2D eigenvalue weighted by Gasteiger charge is 2.25. The smallest absolute Gasteiger partial charge is 0.184 e. The fourth-order valence-corrected chi connectivity index (χ4v) is 4.57. The molecule has 0 saturated heterocycles. The van der Waals surface area contributed by atoms with Crippen LogP contribution in [0.25, 0.3) is 11.3 Å². The molecule has 6 heteroatoms. The first-order valence-electron chi connectivity index (χ1n) is 10.3. The summed E-state index contributed by atoms with van der Waals surface area (Å²) < 4.78 is 18.5. The van der Waals surface area contributed by atoms with E-state index in [2.05, 4.69) is 17.2 Å². The number of hydrogen-bond donors (Lipinski definition) is 1. The topological polar surface area (TPSA) is 34.1 Å². The van der Waals surface area contributed by atoms with Gasteiger partial charge in [0.1, 0.15) is 11.6 Å². The van der Waals surface area contributed by atoms with E-state index < -0.39 is 0 Å². The van der Waals surface area contributed by atoms with Gasteiger partial charge in [0.2, 0.25) is 0 Å². The summed E-state index contributed by atoms with van der Waals surface area (Å²) in [6, 6.07) is 12.3. The zero-order valence-electron chi connectivity index (χ0n) is 17.5. The average Bonchev–Trinajstić information content (AvgIpc) is 3.51. The summed E-state index contributed by atoms with van der Waals surface area (Å²) in [5.41, 5.74) is 2.84. The second-order valence-corrected chi connectivity index (χ2v) is 9.34. The molecule has 0 amide bonds. The number of methoxy groups -OCH3 is 1. The molecule has 1 fully saturated rings. The lowest BCUT2D eigenvalue weighted by Crippen LogP contribution is -2.01. The number of halogens is 2. The summed E-state index contributed by atoms with van der Waals surface area (Å²) in [6.07, 6.45) is 3.58. The van der Waals surface area contributed by atoms with Crippen molar-refractivity contribution in [3.8, 4) is 28.8 Å². The highest BCUT2D eigenvalue weighted by molar-refractivity contribution is 7.16. The number of aryl methyl sites for hydroxylation is 1. The number of anilines is 1. The van der Waals surface area contributed by atoms with Crippen LogP contribution in [0.5, 0.6) is 5.75 Å². The van der Waals surface area contributed by atoms with E-state index in [9.17, 15) is 4.39 Å². The van der Waals surface area contributed by atoms with E-state index in [1.165, 1.54) is 25.0 Å². The number of rotatable bonds is 7. The zero-order chi connectivity index (χ0) is 21.8. The molecule has 160 valence electrons. The lowest BCUT2D eigenvalue weighted by molar-refractivity contribution is 0.415. The van der Waals surface area contributed by atoms with Gasteiger partial charge in [-0.25, -0.2) is 9.37 Å². The van der Waals surface area contributed by atoms with Crippen LogP contribution in [0.4, 0.5) is 9.52 Å². The van der Waals surface area contributed by atoms with Crippen LogP contribution in [0.1, 0.15) is 35.6 Å². The second-order valence-electron chi connectivity index (χ2n) is 7.73. The van der Waals surface area contributed by atoms with E-state index in [1.807, 2.05) is 31.2 Å². The largest absolute Gasteiger partial charge is 0.497 e. The van der Waals surface area contributed by atoms with E-state index in [0.29, 0.717) is 11.6 Å². The first-order chi connectivity index (χ1) is 15.0. The highest BCUT2D eigenvalue weighted by Crippen LogP contribution is 2.38. The molecule has 0 unspecified atom stereocenters. The quantitative estimate of drug-likeness (QED) is 0.393. The first kappa shape index (κ1) is 21.7. The fourth-order valence-electron chi connectivity index (χ4n) is 3.49. The van der Waals surface area contributed by atoms with Crippen molar-refractivity contribution in [1.82, 2.24) is 4.98 Å². The lowest BCUT2D eigenvalue weighted by Gasteiger charge is -2.10. The third kappa shape index (κ3) is 5.58. The Labute approximate surface area is 191 Å². The Hall–Kier alpha value is -2.55. The lowest BCUT2D eigenvalue weighted by atomic mass is 9.94. The number of benzene rings is 2. The van der Waals surface area contributed by atoms with Crippen molar-refractivity contribution in [2.24, 2.45) is 5.92 Å². The van der Waals surface area contributed by atoms with Crippen molar-refractivity contribution in [3.63, 3.8) is 0 Å². The van der Waals surface area contributed by atoms with Gasteiger partial charge >= 0.3 is 0 Å². The van der Waals surface area contributed by atoms with Crippen molar-refractivity contribution in [3.05, 3.63) is 63.7 Å². The molecular formula is C25H24ClFN2OS. The minimum atomic E-state index is -0.213. The molecule has 1 aromatic heterocycles. The van der Waals surface area contributed by atoms with E-state index in [4.69, 9.17) is 21.3 Å². The highest BCUT2D eigenvalue weighted by atomic mass is 35.5. The molecule has 1 heterocycles. The maximum atomic E-state index is 13.3. The Morgan fingerprint density at radius 2 is 2.03 bits per heavy atom. The number of thiazole rings is 1. The predicted octanol–water partition coefficient (Wildman–Crippen LogP) is 6.92. The molecule has 31 heavy (non-hydrogen) atoms. The Balaban J connectivity index is 1.43. The van der Waals surface area contributed by atoms with Crippen LogP contribution in [0.2, 0.25) is 5.02 Å². The van der Waals surface area contributed by atoms with E-state index in [1.54, 1.807) is 24.5 Å². The third-order valence-electron chi connectivity index (χ3n) is 5.37. The average molecular weight is 455 g/mol. The molecule has 1 atom stereocenters. The second kappa shape index (κ2) is 9.72. The molecule has 3 nitrogen and oxygen atoms in total. The maximum Gasteiger partial charge on any atom is 0.184 e. The monoisotopic (exact) mass is 454 g/mol. The van der Waals surface area contributed by atoms with Gasteiger partial charge in [-0.3, -0.25) is 0 Å². The Bertz CT molecular complexity index is 1110. The van der Waals surface area contributed by atoms with E-state index in [-0.39, 0.29) is 11.7 Å². The molecule has 2 aromatic carbocycles. The number of nitrogens with one attached hydrogen (secondary N) is 1. The van der Waals surface area contributed by atoms with Gasteiger partial charge in [-0.05, 0) is 55.2 Å². The molecule has 4 rings (SSSR count). The summed E-state index contributed by atoms with van der Waals surface area (Å²) in [5, 5.41) is 4.73. The van der Waals surface area contributed by atoms with Crippen LogP contribution in [-0.2, 0) is 0 Å². The molecule has 0 aliphatic heterocycles. The van der Waals surface area contributed by atoms with Crippen LogP contribution in [-0.4, -0.2) is 18.6 Å². The van der Waals surface area contributed by atoms with Gasteiger partial charge in [-0.2, -0.15) is 0 Å². The zero-order valence-corrected chi connectivity index (χ0v) is 19.1. The van der Waals surface area contributed by atoms with Gasteiger partial charge in [-0.1, -0.05) is 48.4 Å². The Morgan fingerprint density at radius 3 is 2.71 bits per heavy atom. The van der Waals surface area contributed by atoms with Crippen molar-refractivity contribution in [2.75, 3.05) is 19.0 Å². The number of nitrogens with zero attached hydrogens (tertiary/aromatic N) is 1. The molecule has 1 saturated carbocycles. The van der Waals surface area contributed by atoms with Crippen molar-refractivity contribution in [1.29, 1.82) is 0 Å². The minimum absolute atomic E-state index is 0.140. The third-order valence-corrected chi connectivity index (χ3v) is 6.61. The van der Waals surface area contributed by atoms with Gasteiger partial charge in [0, 0.05) is 16.4 Å². The van der Waals surface area contributed by atoms with Crippen LogP contribution in [0, 0.1) is 30.5 Å². The van der Waals surface area contributed by atoms with Crippen LogP contribution in [0.15, 0.2) is 42.5 Å². The number of aromatic nitrogens is 1. The summed E-state index contributed by atoms with van der Waals surface area (Å²) >= 11 is 8.00. The van der Waals surface area contributed by atoms with Crippen molar-refractivity contribution >= 4 is 28.1 Å². The molecule has 0 bridgehead atoms. The van der Waals surface area contributed by atoms with Gasteiger partial charge < -0.3 is 10.1 Å². The maximum absolute atomic E-state index is 13.3. The van der Waals surface area contributed by atoms with E-state index in [0.717, 1.165) is 44.9 Å². The molecular weight excluding hydrogens is 431 g/mol. The normalized spacial score (nSPS) is 13.9. The molecule has 1 N–H and O–H groups in total. The van der Waals surface area contributed by atoms with Crippen LogP contribution < -0.4 is 10.1 Å². The minimum Gasteiger partial charge on any atom is -0.497 e. The molecule has 1 aliphatic rings. The van der Waals surface area contributed by atoms with Gasteiger partial charge in [-0.15, -0.1) is 11.3 Å². The molecule has 0 spiro atoms. The molecule has 0 radical (unpaired) electrons. The summed E-state index contributed by atoms with van der Waals surface area (Å²) in [6.45, 7) is 2.54. The van der Waals surface area contributed by atoms with Crippen LogP contribution in [0.3, 0.4) is 0 Å². The SMILES string of the molecule is COc1ccc(-c2nc(NCC#C[C@@H](CC3CC3)c3ccc(F)cc3)sc2C)c(Cl)c1. The number of hydrogen-bond acceptors (Lipinski definition) is 4. The first-order valence-corrected chi connectivity index (χ1v) is 11.5. The van der Waals surface area contributed by atoms with Gasteiger partial charge in [0.05, 0.1) is 24.4 Å². The van der Waals surface area contributed by atoms with Gasteiger partial charge in [0.15, 0.2) is 5.13 Å². The standard InChI is InChI=1S/C25H24ClFN2OS/c1-16-24(22-12-11-21(30-2)15-23(22)26)29-25(31-16)28-13-3-4-19(14-17-5-6-17)18-7-9-20(27)10-8-18/h7-12,15,17,19H,5-6,13-14H2,1-2H3,(H,28,29)/t19-/m0/s1. The summed E-state index contributed by atoms with van der Waals surface area (Å²) in [4.78, 5) is 5.80. The number of ether oxygens (including phenoxy) is 1. The van der Waals surface area contributed by atoms with Gasteiger partial charge in [0.25, 0.3) is 0 Å². The van der Waals surface area contributed by atoms with Crippen LogP contribution >= 0.6 is 22.9 Å². The van der Waals surface area contributed by atoms with Crippen molar-refractivity contribution in [2.45, 2.75) is 32.1 Å². The summed E-state index contributed by atoms with van der Waals surface area (Å²) in [5.74, 6) is 8.02. The van der Waals surface area contributed by atoms with E-state index >= 15 is 0 Å². The fraction of sp³-hybridized carbons (Fsp3) is 0.320. The predicted molar refractivity (Wildman–Crippen MR) is 127 cm³/mol. The summed E-state index contributed by atoms with van der Waals surface area (Å²) in [7, 11) is 1.62. The molecule has 1 aliphatic carbocycles. The molecule has 3 aromatic rings.